The smallest absolute Gasteiger partial charge is 0.128 e. The minimum absolute atomic E-state index is 0.0487. The monoisotopic (exact) mass is 596 g/mol. The van der Waals surface area contributed by atoms with E-state index < -0.39 is 0 Å². The number of aryl methyl sites for hydroxylation is 8. The third-order valence-electron chi connectivity index (χ3n) is 10.3. The fourth-order valence-electron chi connectivity index (χ4n) is 7.51. The van der Waals surface area contributed by atoms with Gasteiger partial charge in [0.1, 0.15) is 11.5 Å². The predicted octanol–water partition coefficient (Wildman–Crippen LogP) is 8.10. The molecule has 0 aliphatic heterocycles. The molecule has 8 bridgehead atoms. The Morgan fingerprint density at radius 2 is 1.00 bits per heavy atom. The van der Waals surface area contributed by atoms with Gasteiger partial charge in [-0.2, -0.15) is 0 Å². The minimum Gasteiger partial charge on any atom is -0.507 e. The Kier molecular flexibility index (Phi) is 8.56. The molecule has 4 aromatic carbocycles. The molecule has 2 atom stereocenters. The fourth-order valence-corrected chi connectivity index (χ4v) is 7.51. The number of phenolic OH excluding ortho intramolecular Hbond substituents is 2. The van der Waals surface area contributed by atoms with E-state index in [1.807, 2.05) is 6.21 Å². The summed E-state index contributed by atoms with van der Waals surface area (Å²) in [6.07, 6.45) is 13.2. The summed E-state index contributed by atoms with van der Waals surface area (Å²) < 4.78 is 0. The second-order valence-electron chi connectivity index (χ2n) is 13.3. The van der Waals surface area contributed by atoms with Crippen molar-refractivity contribution in [1.82, 2.24) is 0 Å². The first-order valence-electron chi connectivity index (χ1n) is 16.9. The number of aromatic hydroxyl groups is 2. The summed E-state index contributed by atoms with van der Waals surface area (Å²) in [5.74, 6) is 0.779. The van der Waals surface area contributed by atoms with Crippen LogP contribution in [0.25, 0.3) is 0 Å². The van der Waals surface area contributed by atoms with Crippen molar-refractivity contribution in [2.45, 2.75) is 96.1 Å². The van der Waals surface area contributed by atoms with E-state index in [-0.39, 0.29) is 12.1 Å². The first kappa shape index (κ1) is 29.5. The SMILES string of the molecule is CC(=N[C@@H]1CCCC[C@H]1N=Cc1c2ccc(c1O)CCc1ccc(cc1)CC2)c1c2ccc(c1O)CCc1ccc(cc1)CC2. The molecular weight excluding hydrogens is 552 g/mol. The van der Waals surface area contributed by atoms with E-state index in [1.165, 1.54) is 22.3 Å². The molecule has 4 aromatic rings. The Balaban J connectivity index is 1.17. The summed E-state index contributed by atoms with van der Waals surface area (Å²) >= 11 is 0. The van der Waals surface area contributed by atoms with Gasteiger partial charge in [-0.15, -0.1) is 0 Å². The highest BCUT2D eigenvalue weighted by Gasteiger charge is 2.26. The van der Waals surface area contributed by atoms with Crippen LogP contribution in [0.1, 0.15) is 88.2 Å². The molecule has 9 aliphatic rings. The lowest BCUT2D eigenvalue weighted by Gasteiger charge is -2.27. The Morgan fingerprint density at radius 1 is 0.556 bits per heavy atom. The Morgan fingerprint density at radius 3 is 1.58 bits per heavy atom. The van der Waals surface area contributed by atoms with Gasteiger partial charge in [0.2, 0.25) is 0 Å². The number of rotatable bonds is 4. The van der Waals surface area contributed by atoms with Gasteiger partial charge in [-0.3, -0.25) is 9.98 Å². The number of benzene rings is 4. The molecule has 0 unspecified atom stereocenters. The molecule has 1 fully saturated rings. The normalized spacial score (nSPS) is 20.2. The topological polar surface area (TPSA) is 65.2 Å². The molecule has 0 amide bonds. The van der Waals surface area contributed by atoms with Crippen molar-refractivity contribution < 1.29 is 10.2 Å². The summed E-state index contributed by atoms with van der Waals surface area (Å²) in [6, 6.07) is 26.6. The maximum Gasteiger partial charge on any atom is 0.128 e. The average Bonchev–Trinajstić information content (AvgIpc) is 3.04. The van der Waals surface area contributed by atoms with E-state index in [2.05, 4.69) is 79.7 Å². The van der Waals surface area contributed by atoms with Crippen LogP contribution in [0, 0.1) is 0 Å². The molecule has 4 nitrogen and oxygen atoms in total. The van der Waals surface area contributed by atoms with Gasteiger partial charge in [0, 0.05) is 23.1 Å². The number of hydrogen-bond acceptors (Lipinski definition) is 4. The van der Waals surface area contributed by atoms with Crippen molar-refractivity contribution >= 4 is 11.9 Å². The molecule has 45 heavy (non-hydrogen) atoms. The zero-order valence-electron chi connectivity index (χ0n) is 26.4. The van der Waals surface area contributed by atoms with Gasteiger partial charge < -0.3 is 10.2 Å². The first-order valence-corrected chi connectivity index (χ1v) is 16.9. The molecule has 0 radical (unpaired) electrons. The molecule has 4 heteroatoms. The minimum atomic E-state index is 0.0487. The largest absolute Gasteiger partial charge is 0.507 e. The van der Waals surface area contributed by atoms with Crippen LogP contribution in [0.4, 0.5) is 0 Å². The van der Waals surface area contributed by atoms with E-state index in [0.717, 1.165) is 116 Å². The summed E-state index contributed by atoms with van der Waals surface area (Å²) in [5.41, 5.74) is 12.2. The predicted molar refractivity (Wildman–Crippen MR) is 185 cm³/mol. The molecule has 230 valence electrons. The molecule has 2 N–H and O–H groups in total. The summed E-state index contributed by atoms with van der Waals surface area (Å²) in [5, 5.41) is 23.0. The van der Waals surface area contributed by atoms with Crippen molar-refractivity contribution in [2.24, 2.45) is 9.98 Å². The quantitative estimate of drug-likeness (QED) is 0.234. The van der Waals surface area contributed by atoms with E-state index in [0.29, 0.717) is 11.5 Å². The number of aliphatic imine (C=N–C) groups is 2. The van der Waals surface area contributed by atoms with Crippen molar-refractivity contribution in [1.29, 1.82) is 0 Å². The van der Waals surface area contributed by atoms with Gasteiger partial charge in [0.15, 0.2) is 0 Å². The van der Waals surface area contributed by atoms with E-state index in [4.69, 9.17) is 9.98 Å². The lowest BCUT2D eigenvalue weighted by atomic mass is 9.89. The van der Waals surface area contributed by atoms with Crippen molar-refractivity contribution in [3.8, 4) is 11.5 Å². The van der Waals surface area contributed by atoms with Gasteiger partial charge in [0.05, 0.1) is 12.1 Å². The van der Waals surface area contributed by atoms with Crippen molar-refractivity contribution in [3.05, 3.63) is 128 Å². The van der Waals surface area contributed by atoms with Crippen molar-refractivity contribution in [3.63, 3.8) is 0 Å². The van der Waals surface area contributed by atoms with Crippen LogP contribution in [0.2, 0.25) is 0 Å². The van der Waals surface area contributed by atoms with E-state index >= 15 is 0 Å². The summed E-state index contributed by atoms with van der Waals surface area (Å²) in [6.45, 7) is 2.07. The van der Waals surface area contributed by atoms with Crippen LogP contribution in [0.5, 0.6) is 11.5 Å². The molecule has 0 heterocycles. The molecule has 1 saturated carbocycles. The molecule has 9 aliphatic carbocycles. The fraction of sp³-hybridized carbons (Fsp3) is 0.366. The average molecular weight is 597 g/mol. The van der Waals surface area contributed by atoms with Gasteiger partial charge in [-0.1, -0.05) is 85.6 Å². The highest BCUT2D eigenvalue weighted by atomic mass is 16.3. The van der Waals surface area contributed by atoms with Crippen LogP contribution in [-0.2, 0) is 51.4 Å². The summed E-state index contributed by atoms with van der Waals surface area (Å²) in [7, 11) is 0. The van der Waals surface area contributed by atoms with E-state index in [9.17, 15) is 10.2 Å². The zero-order chi connectivity index (χ0) is 30.8. The second-order valence-corrected chi connectivity index (χ2v) is 13.3. The standard InChI is InChI=1S/C41H44N2O2/c1-27(39-33-19-15-29-8-12-31(13-9-29)17-21-35(25-23-33)41(39)45)43-38-5-3-2-4-37(38)42-26-36-32-18-14-28-6-10-30(11-7-28)16-20-34(24-22-32)40(36)44/h6-13,22-26,37-38,44-45H,2-5,14-21H2,1H3/t37-,38-/m1/s1. The number of phenols is 2. The van der Waals surface area contributed by atoms with Crippen LogP contribution >= 0.6 is 0 Å². The first-order chi connectivity index (χ1) is 22.0. The van der Waals surface area contributed by atoms with Gasteiger partial charge in [0.25, 0.3) is 0 Å². The molecule has 13 rings (SSSR count). The highest BCUT2D eigenvalue weighted by Crippen LogP contribution is 2.33. The number of hydrogen-bond donors (Lipinski definition) is 2. The second kappa shape index (κ2) is 13.0. The van der Waals surface area contributed by atoms with Gasteiger partial charge in [-0.05, 0) is 116 Å². The summed E-state index contributed by atoms with van der Waals surface area (Å²) in [4.78, 5) is 10.5. The van der Waals surface area contributed by atoms with Crippen molar-refractivity contribution in [2.75, 3.05) is 0 Å². The molecule has 0 aromatic heterocycles. The highest BCUT2D eigenvalue weighted by molar-refractivity contribution is 6.03. The zero-order valence-corrected chi connectivity index (χ0v) is 26.4. The molecular formula is C41H44N2O2. The third kappa shape index (κ3) is 6.47. The lowest BCUT2D eigenvalue weighted by Crippen LogP contribution is -2.28. The van der Waals surface area contributed by atoms with Gasteiger partial charge in [-0.25, -0.2) is 0 Å². The Bertz CT molecular complexity index is 1730. The Hall–Kier alpha value is -4.18. The maximum absolute atomic E-state index is 11.6. The van der Waals surface area contributed by atoms with Gasteiger partial charge >= 0.3 is 0 Å². The van der Waals surface area contributed by atoms with Crippen LogP contribution in [-0.4, -0.2) is 34.2 Å². The Labute approximate surface area is 267 Å². The van der Waals surface area contributed by atoms with Crippen LogP contribution < -0.4 is 0 Å². The number of nitrogens with zero attached hydrogens (tertiary/aromatic N) is 2. The lowest BCUT2D eigenvalue weighted by molar-refractivity contribution is 0.389. The maximum atomic E-state index is 11.6. The third-order valence-corrected chi connectivity index (χ3v) is 10.3. The van der Waals surface area contributed by atoms with E-state index in [1.54, 1.807) is 0 Å². The molecule has 0 saturated heterocycles. The molecule has 0 spiro atoms. The van der Waals surface area contributed by atoms with Crippen LogP contribution in [0.3, 0.4) is 0 Å². The van der Waals surface area contributed by atoms with Crippen LogP contribution in [0.15, 0.2) is 82.8 Å².